The second-order valence-electron chi connectivity index (χ2n) is 4.79. The zero-order valence-corrected chi connectivity index (χ0v) is 11.1. The average Bonchev–Trinajstić information content (AvgIpc) is 2.63. The van der Waals surface area contributed by atoms with E-state index in [-0.39, 0.29) is 11.9 Å². The SMILES string of the molecule is CN1C(=O)C(N2CCNCC2)c2cc(Cl)ccc21. The summed E-state index contributed by atoms with van der Waals surface area (Å²) in [6.07, 6.45) is 0. The van der Waals surface area contributed by atoms with E-state index in [1.807, 2.05) is 25.2 Å². The predicted octanol–water partition coefficient (Wildman–Crippen LogP) is 1.26. The van der Waals surface area contributed by atoms with Gasteiger partial charge in [-0.05, 0) is 18.2 Å². The van der Waals surface area contributed by atoms with Crippen LogP contribution >= 0.6 is 11.6 Å². The van der Waals surface area contributed by atoms with Crippen LogP contribution < -0.4 is 10.2 Å². The van der Waals surface area contributed by atoms with Crippen molar-refractivity contribution in [3.8, 4) is 0 Å². The lowest BCUT2D eigenvalue weighted by Gasteiger charge is -2.31. The van der Waals surface area contributed by atoms with Crippen molar-refractivity contribution in [3.05, 3.63) is 28.8 Å². The van der Waals surface area contributed by atoms with Crippen LogP contribution in [0.15, 0.2) is 18.2 Å². The van der Waals surface area contributed by atoms with Gasteiger partial charge in [-0.2, -0.15) is 0 Å². The summed E-state index contributed by atoms with van der Waals surface area (Å²) in [5, 5.41) is 4.00. The molecule has 2 aliphatic heterocycles. The van der Waals surface area contributed by atoms with Gasteiger partial charge in [0.15, 0.2) is 0 Å². The van der Waals surface area contributed by atoms with Crippen LogP contribution in [0.4, 0.5) is 5.69 Å². The molecule has 5 heteroatoms. The van der Waals surface area contributed by atoms with Crippen molar-refractivity contribution in [2.75, 3.05) is 38.1 Å². The largest absolute Gasteiger partial charge is 0.314 e. The van der Waals surface area contributed by atoms with Crippen LogP contribution in [0.25, 0.3) is 0 Å². The fourth-order valence-corrected chi connectivity index (χ4v) is 2.96. The summed E-state index contributed by atoms with van der Waals surface area (Å²) in [5.41, 5.74) is 2.02. The fourth-order valence-electron chi connectivity index (χ4n) is 2.78. The Morgan fingerprint density at radius 3 is 2.78 bits per heavy atom. The minimum Gasteiger partial charge on any atom is -0.314 e. The second-order valence-corrected chi connectivity index (χ2v) is 5.23. The van der Waals surface area contributed by atoms with E-state index in [4.69, 9.17) is 11.6 Å². The van der Waals surface area contributed by atoms with Crippen LogP contribution in [-0.2, 0) is 4.79 Å². The molecule has 0 aromatic heterocycles. The summed E-state index contributed by atoms with van der Waals surface area (Å²) >= 11 is 6.06. The third-order valence-corrected chi connectivity index (χ3v) is 3.96. The molecule has 1 fully saturated rings. The first-order chi connectivity index (χ1) is 8.68. The van der Waals surface area contributed by atoms with Crippen LogP contribution in [0.3, 0.4) is 0 Å². The number of hydrogen-bond donors (Lipinski definition) is 1. The molecule has 0 spiro atoms. The van der Waals surface area contributed by atoms with Crippen molar-refractivity contribution in [3.63, 3.8) is 0 Å². The van der Waals surface area contributed by atoms with Gasteiger partial charge in [0.05, 0.1) is 0 Å². The number of halogens is 1. The normalized spacial score (nSPS) is 24.4. The zero-order chi connectivity index (χ0) is 12.7. The molecule has 0 saturated carbocycles. The van der Waals surface area contributed by atoms with Gasteiger partial charge in [-0.3, -0.25) is 9.69 Å². The van der Waals surface area contributed by atoms with E-state index < -0.39 is 0 Å². The highest BCUT2D eigenvalue weighted by Gasteiger charge is 2.39. The third-order valence-electron chi connectivity index (χ3n) is 3.73. The summed E-state index contributed by atoms with van der Waals surface area (Å²) < 4.78 is 0. The number of amides is 1. The Labute approximate surface area is 112 Å². The molecule has 18 heavy (non-hydrogen) atoms. The number of fused-ring (bicyclic) bond motifs is 1. The quantitative estimate of drug-likeness (QED) is 0.831. The highest BCUT2D eigenvalue weighted by molar-refractivity contribution is 6.31. The summed E-state index contributed by atoms with van der Waals surface area (Å²) in [5.74, 6) is 0.147. The summed E-state index contributed by atoms with van der Waals surface area (Å²) in [6.45, 7) is 3.67. The fraction of sp³-hybridized carbons (Fsp3) is 0.462. The van der Waals surface area contributed by atoms with E-state index >= 15 is 0 Å². The molecule has 1 aromatic rings. The number of likely N-dealkylation sites (N-methyl/N-ethyl adjacent to an activating group) is 1. The molecule has 2 aliphatic rings. The maximum atomic E-state index is 12.4. The monoisotopic (exact) mass is 265 g/mol. The molecule has 1 atom stereocenters. The number of nitrogens with zero attached hydrogens (tertiary/aromatic N) is 2. The Bertz CT molecular complexity index is 485. The first-order valence-corrected chi connectivity index (χ1v) is 6.58. The smallest absolute Gasteiger partial charge is 0.248 e. The number of piperazine rings is 1. The number of anilines is 1. The molecule has 1 aromatic carbocycles. The Morgan fingerprint density at radius 2 is 2.06 bits per heavy atom. The molecule has 4 nitrogen and oxygen atoms in total. The van der Waals surface area contributed by atoms with Gasteiger partial charge in [0.2, 0.25) is 5.91 Å². The molecule has 0 radical (unpaired) electrons. The third kappa shape index (κ3) is 1.81. The van der Waals surface area contributed by atoms with Crippen molar-refractivity contribution in [2.45, 2.75) is 6.04 Å². The van der Waals surface area contributed by atoms with Gasteiger partial charge < -0.3 is 10.2 Å². The first kappa shape index (κ1) is 12.0. The molecule has 96 valence electrons. The Kier molecular flexibility index (Phi) is 3.01. The van der Waals surface area contributed by atoms with Gasteiger partial charge in [0.25, 0.3) is 0 Å². The zero-order valence-electron chi connectivity index (χ0n) is 10.3. The van der Waals surface area contributed by atoms with E-state index in [2.05, 4.69) is 10.2 Å². The van der Waals surface area contributed by atoms with Crippen molar-refractivity contribution >= 4 is 23.2 Å². The van der Waals surface area contributed by atoms with Crippen LogP contribution in [0.5, 0.6) is 0 Å². The van der Waals surface area contributed by atoms with Crippen molar-refractivity contribution in [1.29, 1.82) is 0 Å². The lowest BCUT2D eigenvalue weighted by Crippen LogP contribution is -2.47. The van der Waals surface area contributed by atoms with Crippen molar-refractivity contribution < 1.29 is 4.79 Å². The van der Waals surface area contributed by atoms with Gasteiger partial charge >= 0.3 is 0 Å². The minimum atomic E-state index is -0.161. The highest BCUT2D eigenvalue weighted by atomic mass is 35.5. The van der Waals surface area contributed by atoms with Gasteiger partial charge in [-0.25, -0.2) is 0 Å². The Hall–Kier alpha value is -1.10. The maximum Gasteiger partial charge on any atom is 0.248 e. The number of hydrogen-bond acceptors (Lipinski definition) is 3. The van der Waals surface area contributed by atoms with Crippen LogP contribution in [0.1, 0.15) is 11.6 Å². The highest BCUT2D eigenvalue weighted by Crippen LogP contribution is 2.39. The molecule has 1 N–H and O–H groups in total. The second kappa shape index (κ2) is 4.53. The molecule has 1 saturated heterocycles. The lowest BCUT2D eigenvalue weighted by atomic mass is 10.1. The summed E-state index contributed by atoms with van der Waals surface area (Å²) in [7, 11) is 1.83. The Morgan fingerprint density at radius 1 is 1.33 bits per heavy atom. The van der Waals surface area contributed by atoms with Crippen LogP contribution in [-0.4, -0.2) is 44.0 Å². The Balaban J connectivity index is 2.00. The maximum absolute atomic E-state index is 12.4. The van der Waals surface area contributed by atoms with Crippen molar-refractivity contribution in [1.82, 2.24) is 10.2 Å². The topological polar surface area (TPSA) is 35.6 Å². The standard InChI is InChI=1S/C13H16ClN3O/c1-16-11-3-2-9(14)8-10(11)12(13(16)18)17-6-4-15-5-7-17/h2-3,8,12,15H,4-7H2,1H3. The number of carbonyl (C=O) groups excluding carboxylic acids is 1. The molecule has 1 amide bonds. The van der Waals surface area contributed by atoms with E-state index in [1.54, 1.807) is 4.90 Å². The van der Waals surface area contributed by atoms with Crippen LogP contribution in [0, 0.1) is 0 Å². The molecule has 1 unspecified atom stereocenters. The molecule has 0 aliphatic carbocycles. The van der Waals surface area contributed by atoms with Gasteiger partial charge in [-0.15, -0.1) is 0 Å². The van der Waals surface area contributed by atoms with Gasteiger partial charge in [0, 0.05) is 49.5 Å². The molecular weight excluding hydrogens is 250 g/mol. The van der Waals surface area contributed by atoms with E-state index in [1.165, 1.54) is 0 Å². The average molecular weight is 266 g/mol. The molecule has 3 rings (SSSR count). The number of benzene rings is 1. The summed E-state index contributed by atoms with van der Waals surface area (Å²) in [6, 6.07) is 5.53. The van der Waals surface area contributed by atoms with E-state index in [0.717, 1.165) is 37.4 Å². The summed E-state index contributed by atoms with van der Waals surface area (Å²) in [4.78, 5) is 16.4. The van der Waals surface area contributed by atoms with E-state index in [9.17, 15) is 4.79 Å². The number of rotatable bonds is 1. The van der Waals surface area contributed by atoms with Gasteiger partial charge in [0.1, 0.15) is 6.04 Å². The van der Waals surface area contributed by atoms with Crippen LogP contribution in [0.2, 0.25) is 5.02 Å². The van der Waals surface area contributed by atoms with Crippen molar-refractivity contribution in [2.24, 2.45) is 0 Å². The number of nitrogens with one attached hydrogen (secondary N) is 1. The first-order valence-electron chi connectivity index (χ1n) is 6.20. The van der Waals surface area contributed by atoms with E-state index in [0.29, 0.717) is 5.02 Å². The molecular formula is C13H16ClN3O. The van der Waals surface area contributed by atoms with Gasteiger partial charge in [-0.1, -0.05) is 11.6 Å². The molecule has 0 bridgehead atoms. The lowest BCUT2D eigenvalue weighted by molar-refractivity contribution is -0.123. The predicted molar refractivity (Wildman–Crippen MR) is 72.0 cm³/mol. The molecule has 2 heterocycles. The number of carbonyl (C=O) groups is 1. The minimum absolute atomic E-state index is 0.147.